The van der Waals surface area contributed by atoms with Gasteiger partial charge in [0.2, 0.25) is 0 Å². The quantitative estimate of drug-likeness (QED) is 0.368. The first-order valence-corrected chi connectivity index (χ1v) is 6.22. The number of aromatic nitrogens is 1. The normalized spacial score (nSPS) is 17.6. The van der Waals surface area contributed by atoms with Crippen LogP contribution < -0.4 is 10.6 Å². The number of rotatable bonds is 4. The molecule has 0 saturated heterocycles. The SMILES string of the molecule is Cc1cc(/C(N)=N/O)cc(N(C)C(C)C2CC2)n1. The van der Waals surface area contributed by atoms with Crippen LogP contribution in [0.4, 0.5) is 5.82 Å². The molecule has 1 heterocycles. The van der Waals surface area contributed by atoms with Gasteiger partial charge in [0.15, 0.2) is 5.84 Å². The molecule has 1 unspecified atom stereocenters. The van der Waals surface area contributed by atoms with Crippen LogP contribution in [-0.2, 0) is 0 Å². The summed E-state index contributed by atoms with van der Waals surface area (Å²) >= 11 is 0. The van der Waals surface area contributed by atoms with E-state index in [1.165, 1.54) is 12.8 Å². The van der Waals surface area contributed by atoms with E-state index in [0.717, 1.165) is 17.4 Å². The Kier molecular flexibility index (Phi) is 3.41. The number of amidine groups is 1. The van der Waals surface area contributed by atoms with Gasteiger partial charge in [-0.3, -0.25) is 0 Å². The van der Waals surface area contributed by atoms with Crippen molar-refractivity contribution in [2.45, 2.75) is 32.7 Å². The molecule has 1 aliphatic carbocycles. The zero-order valence-electron chi connectivity index (χ0n) is 11.1. The Bertz CT molecular complexity index is 468. The molecule has 1 saturated carbocycles. The highest BCUT2D eigenvalue weighted by atomic mass is 16.4. The summed E-state index contributed by atoms with van der Waals surface area (Å²) in [6.07, 6.45) is 2.59. The molecule has 0 bridgehead atoms. The average Bonchev–Trinajstić information content (AvgIpc) is 3.19. The van der Waals surface area contributed by atoms with Gasteiger partial charge in [-0.15, -0.1) is 0 Å². The van der Waals surface area contributed by atoms with Gasteiger partial charge in [0.1, 0.15) is 5.82 Å². The molecule has 0 aromatic carbocycles. The highest BCUT2D eigenvalue weighted by Crippen LogP contribution is 2.36. The van der Waals surface area contributed by atoms with E-state index in [1.54, 1.807) is 0 Å². The van der Waals surface area contributed by atoms with E-state index in [9.17, 15) is 0 Å². The second-order valence-electron chi connectivity index (χ2n) is 5.03. The van der Waals surface area contributed by atoms with Gasteiger partial charge in [-0.05, 0) is 44.7 Å². The number of aryl methyl sites for hydroxylation is 1. The van der Waals surface area contributed by atoms with Gasteiger partial charge < -0.3 is 15.8 Å². The van der Waals surface area contributed by atoms with E-state index >= 15 is 0 Å². The van der Waals surface area contributed by atoms with Gasteiger partial charge in [0.05, 0.1) is 0 Å². The third-order valence-corrected chi connectivity index (χ3v) is 3.62. The predicted octanol–water partition coefficient (Wildman–Crippen LogP) is 1.72. The van der Waals surface area contributed by atoms with Crippen molar-refractivity contribution in [3.63, 3.8) is 0 Å². The van der Waals surface area contributed by atoms with Crippen LogP contribution in [0.15, 0.2) is 17.3 Å². The summed E-state index contributed by atoms with van der Waals surface area (Å²) < 4.78 is 0. The van der Waals surface area contributed by atoms with E-state index in [0.29, 0.717) is 11.6 Å². The van der Waals surface area contributed by atoms with Crippen LogP contribution in [0.1, 0.15) is 31.0 Å². The smallest absolute Gasteiger partial charge is 0.170 e. The molecule has 98 valence electrons. The molecule has 0 aliphatic heterocycles. The molecule has 1 aromatic heterocycles. The minimum Gasteiger partial charge on any atom is -0.409 e. The third-order valence-electron chi connectivity index (χ3n) is 3.62. The van der Waals surface area contributed by atoms with Crippen molar-refractivity contribution in [2.75, 3.05) is 11.9 Å². The summed E-state index contributed by atoms with van der Waals surface area (Å²) in [4.78, 5) is 6.68. The maximum Gasteiger partial charge on any atom is 0.170 e. The zero-order valence-corrected chi connectivity index (χ0v) is 11.1. The van der Waals surface area contributed by atoms with E-state index in [-0.39, 0.29) is 5.84 Å². The number of nitrogens with zero attached hydrogens (tertiary/aromatic N) is 3. The van der Waals surface area contributed by atoms with Gasteiger partial charge >= 0.3 is 0 Å². The topological polar surface area (TPSA) is 74.7 Å². The molecule has 5 heteroatoms. The molecule has 1 aromatic rings. The van der Waals surface area contributed by atoms with Crippen LogP contribution >= 0.6 is 0 Å². The highest BCUT2D eigenvalue weighted by molar-refractivity contribution is 5.97. The number of anilines is 1. The van der Waals surface area contributed by atoms with Crippen LogP contribution in [0.2, 0.25) is 0 Å². The summed E-state index contributed by atoms with van der Waals surface area (Å²) in [5, 5.41) is 11.8. The van der Waals surface area contributed by atoms with Crippen molar-refractivity contribution < 1.29 is 5.21 Å². The Morgan fingerprint density at radius 3 is 2.78 bits per heavy atom. The summed E-state index contributed by atoms with van der Waals surface area (Å²) in [6.45, 7) is 4.12. The Morgan fingerprint density at radius 1 is 1.56 bits per heavy atom. The summed E-state index contributed by atoms with van der Waals surface area (Å²) in [6, 6.07) is 4.15. The van der Waals surface area contributed by atoms with Crippen LogP contribution in [0.25, 0.3) is 0 Å². The van der Waals surface area contributed by atoms with E-state index in [1.807, 2.05) is 26.1 Å². The molecule has 0 spiro atoms. The molecule has 0 radical (unpaired) electrons. The van der Waals surface area contributed by atoms with Crippen molar-refractivity contribution in [1.82, 2.24) is 4.98 Å². The molecule has 18 heavy (non-hydrogen) atoms. The standard InChI is InChI=1S/C13H20N4O/c1-8-6-11(13(14)16-18)7-12(15-8)17(3)9(2)10-4-5-10/h6-7,9-10,18H,4-5H2,1-3H3,(H2,14,16). The number of hydrogen-bond donors (Lipinski definition) is 2. The summed E-state index contributed by atoms with van der Waals surface area (Å²) in [7, 11) is 2.04. The van der Waals surface area contributed by atoms with Crippen LogP contribution in [-0.4, -0.2) is 29.1 Å². The Balaban J connectivity index is 2.29. The lowest BCUT2D eigenvalue weighted by molar-refractivity contribution is 0.318. The molecular formula is C13H20N4O. The van der Waals surface area contributed by atoms with E-state index < -0.39 is 0 Å². The van der Waals surface area contributed by atoms with Crippen molar-refractivity contribution in [3.05, 3.63) is 23.4 Å². The largest absolute Gasteiger partial charge is 0.409 e. The second-order valence-corrected chi connectivity index (χ2v) is 5.03. The molecule has 3 N–H and O–H groups in total. The average molecular weight is 248 g/mol. The highest BCUT2D eigenvalue weighted by Gasteiger charge is 2.31. The summed E-state index contributed by atoms with van der Waals surface area (Å²) in [5.41, 5.74) is 7.20. The molecule has 0 amide bonds. The van der Waals surface area contributed by atoms with E-state index in [4.69, 9.17) is 10.9 Å². The number of oxime groups is 1. The molecule has 2 rings (SSSR count). The van der Waals surface area contributed by atoms with Crippen molar-refractivity contribution in [1.29, 1.82) is 0 Å². The maximum absolute atomic E-state index is 8.74. The minimum atomic E-state index is 0.120. The molecule has 1 atom stereocenters. The number of pyridine rings is 1. The Labute approximate surface area is 107 Å². The number of nitrogens with two attached hydrogens (primary N) is 1. The predicted molar refractivity (Wildman–Crippen MR) is 72.1 cm³/mol. The van der Waals surface area contributed by atoms with Crippen LogP contribution in [0, 0.1) is 12.8 Å². The fourth-order valence-electron chi connectivity index (χ4n) is 2.14. The number of hydrogen-bond acceptors (Lipinski definition) is 4. The minimum absolute atomic E-state index is 0.120. The van der Waals surface area contributed by atoms with Crippen molar-refractivity contribution in [3.8, 4) is 0 Å². The first kappa shape index (κ1) is 12.7. The molecule has 1 aliphatic rings. The first-order chi connectivity index (χ1) is 8.52. The van der Waals surface area contributed by atoms with Crippen molar-refractivity contribution >= 4 is 11.7 Å². The lowest BCUT2D eigenvalue weighted by Gasteiger charge is -2.26. The first-order valence-electron chi connectivity index (χ1n) is 6.22. The summed E-state index contributed by atoms with van der Waals surface area (Å²) in [5.74, 6) is 1.76. The Morgan fingerprint density at radius 2 is 2.22 bits per heavy atom. The van der Waals surface area contributed by atoms with Gasteiger partial charge in [0, 0.05) is 24.3 Å². The Hall–Kier alpha value is -1.78. The van der Waals surface area contributed by atoms with Gasteiger partial charge in [-0.2, -0.15) is 0 Å². The van der Waals surface area contributed by atoms with Gasteiger partial charge in [-0.25, -0.2) is 4.98 Å². The van der Waals surface area contributed by atoms with Gasteiger partial charge in [0.25, 0.3) is 0 Å². The molecule has 1 fully saturated rings. The third kappa shape index (κ3) is 2.55. The fourth-order valence-corrected chi connectivity index (χ4v) is 2.14. The monoisotopic (exact) mass is 248 g/mol. The fraction of sp³-hybridized carbons (Fsp3) is 0.538. The lowest BCUT2D eigenvalue weighted by atomic mass is 10.1. The van der Waals surface area contributed by atoms with Gasteiger partial charge in [-0.1, -0.05) is 5.16 Å². The molecule has 5 nitrogen and oxygen atoms in total. The molecular weight excluding hydrogens is 228 g/mol. The van der Waals surface area contributed by atoms with Crippen molar-refractivity contribution in [2.24, 2.45) is 16.8 Å². The maximum atomic E-state index is 8.74. The lowest BCUT2D eigenvalue weighted by Crippen LogP contribution is -2.31. The zero-order chi connectivity index (χ0) is 13.3. The van der Waals surface area contributed by atoms with Crippen LogP contribution in [0.5, 0.6) is 0 Å². The van der Waals surface area contributed by atoms with E-state index in [2.05, 4.69) is 22.0 Å². The second kappa shape index (κ2) is 4.84. The van der Waals surface area contributed by atoms with Crippen LogP contribution in [0.3, 0.4) is 0 Å².